The van der Waals surface area contributed by atoms with E-state index in [-0.39, 0.29) is 11.8 Å². The van der Waals surface area contributed by atoms with Crippen LogP contribution in [-0.4, -0.2) is 31.7 Å². The molecule has 2 aliphatic rings. The smallest absolute Gasteiger partial charge is 0.277 e. The van der Waals surface area contributed by atoms with Crippen molar-refractivity contribution >= 4 is 17.5 Å². The molecule has 0 saturated carbocycles. The molecule has 0 radical (unpaired) electrons. The lowest BCUT2D eigenvalue weighted by atomic mass is 9.85. The summed E-state index contributed by atoms with van der Waals surface area (Å²) < 4.78 is 10.4. The maximum atomic E-state index is 12.5. The molecule has 26 heavy (non-hydrogen) atoms. The maximum absolute atomic E-state index is 12.5. The Morgan fingerprint density at radius 3 is 2.58 bits per heavy atom. The summed E-state index contributed by atoms with van der Waals surface area (Å²) in [4.78, 5) is 28.6. The lowest BCUT2D eigenvalue weighted by Gasteiger charge is -2.28. The molecule has 3 rings (SSSR count). The lowest BCUT2D eigenvalue weighted by Crippen LogP contribution is -2.35. The largest absolute Gasteiger partial charge is 0.493 e. The van der Waals surface area contributed by atoms with E-state index < -0.39 is 5.91 Å². The van der Waals surface area contributed by atoms with Gasteiger partial charge in [0.1, 0.15) is 0 Å². The minimum Gasteiger partial charge on any atom is -0.493 e. The van der Waals surface area contributed by atoms with Crippen LogP contribution in [0.15, 0.2) is 58.3 Å². The molecular formula is C20H20N2O4. The van der Waals surface area contributed by atoms with Crippen molar-refractivity contribution in [3.63, 3.8) is 0 Å². The van der Waals surface area contributed by atoms with E-state index in [1.807, 2.05) is 13.0 Å². The third-order valence-corrected chi connectivity index (χ3v) is 4.62. The number of nitrogens with zero attached hydrogens (tertiary/aromatic N) is 1. The van der Waals surface area contributed by atoms with Crippen molar-refractivity contribution in [3.05, 3.63) is 58.8 Å². The van der Waals surface area contributed by atoms with E-state index in [0.717, 1.165) is 16.8 Å². The van der Waals surface area contributed by atoms with Gasteiger partial charge in [-0.05, 0) is 44.2 Å². The topological polar surface area (TPSA) is 77.0 Å². The highest BCUT2D eigenvalue weighted by Crippen LogP contribution is 2.30. The Hall–Kier alpha value is -3.15. The first-order valence-corrected chi connectivity index (χ1v) is 8.18. The minimum atomic E-state index is -0.397. The Kier molecular flexibility index (Phi) is 4.75. The van der Waals surface area contributed by atoms with Gasteiger partial charge in [0, 0.05) is 22.8 Å². The number of hydrogen-bond acceptors (Lipinski definition) is 4. The van der Waals surface area contributed by atoms with Crippen LogP contribution in [0.5, 0.6) is 11.5 Å². The first-order valence-electron chi connectivity index (χ1n) is 8.18. The molecule has 1 heterocycles. The molecule has 1 unspecified atom stereocenters. The Morgan fingerprint density at radius 1 is 1.15 bits per heavy atom. The summed E-state index contributed by atoms with van der Waals surface area (Å²) in [6.45, 7) is 3.74. The minimum absolute atomic E-state index is 0.0165. The molecule has 0 saturated heterocycles. The van der Waals surface area contributed by atoms with Crippen LogP contribution in [0.25, 0.3) is 0 Å². The second kappa shape index (κ2) is 7.00. The number of benzene rings is 1. The van der Waals surface area contributed by atoms with E-state index in [1.165, 1.54) is 14.2 Å². The van der Waals surface area contributed by atoms with Crippen molar-refractivity contribution in [1.29, 1.82) is 0 Å². The van der Waals surface area contributed by atoms with Crippen molar-refractivity contribution in [2.75, 3.05) is 14.2 Å². The maximum Gasteiger partial charge on any atom is 0.277 e. The number of carbonyl (C=O) groups is 2. The number of hydrogen-bond donors (Lipinski definition) is 1. The van der Waals surface area contributed by atoms with E-state index >= 15 is 0 Å². The van der Waals surface area contributed by atoms with Gasteiger partial charge in [0.05, 0.1) is 19.9 Å². The average Bonchev–Trinajstić information content (AvgIpc) is 2.65. The van der Waals surface area contributed by atoms with E-state index in [9.17, 15) is 9.59 Å². The molecular weight excluding hydrogens is 332 g/mol. The van der Waals surface area contributed by atoms with Gasteiger partial charge >= 0.3 is 0 Å². The number of nitrogens with one attached hydrogen (secondary N) is 1. The Morgan fingerprint density at radius 2 is 1.88 bits per heavy atom. The number of aliphatic imine (C=N–C) groups is 1. The van der Waals surface area contributed by atoms with Gasteiger partial charge < -0.3 is 14.8 Å². The fraction of sp³-hybridized carbons (Fsp3) is 0.250. The molecule has 0 fully saturated rings. The van der Waals surface area contributed by atoms with Crippen molar-refractivity contribution in [2.45, 2.75) is 13.8 Å². The summed E-state index contributed by atoms with van der Waals surface area (Å²) in [6.07, 6.45) is 5.46. The quantitative estimate of drug-likeness (QED) is 0.907. The molecule has 0 spiro atoms. The van der Waals surface area contributed by atoms with Crippen molar-refractivity contribution < 1.29 is 19.1 Å². The predicted molar refractivity (Wildman–Crippen MR) is 98.5 cm³/mol. The number of amides is 2. The van der Waals surface area contributed by atoms with Gasteiger partial charge in [-0.25, -0.2) is 4.99 Å². The van der Waals surface area contributed by atoms with Crippen molar-refractivity contribution in [3.8, 4) is 11.5 Å². The number of methoxy groups -OCH3 is 2. The first-order chi connectivity index (χ1) is 12.4. The van der Waals surface area contributed by atoms with Crippen LogP contribution in [0.3, 0.4) is 0 Å². The Bertz CT molecular complexity index is 906. The van der Waals surface area contributed by atoms with Gasteiger partial charge in [-0.3, -0.25) is 9.59 Å². The number of ether oxygens (including phenoxy) is 2. The zero-order valence-corrected chi connectivity index (χ0v) is 15.1. The van der Waals surface area contributed by atoms with E-state index in [4.69, 9.17) is 9.47 Å². The van der Waals surface area contributed by atoms with Crippen molar-refractivity contribution in [1.82, 2.24) is 5.32 Å². The van der Waals surface area contributed by atoms with Crippen LogP contribution in [-0.2, 0) is 4.79 Å². The summed E-state index contributed by atoms with van der Waals surface area (Å²) in [5, 5.41) is 2.86. The molecule has 6 heteroatoms. The van der Waals surface area contributed by atoms with Gasteiger partial charge in [-0.15, -0.1) is 0 Å². The normalized spacial score (nSPS) is 20.5. The molecule has 0 bridgehead atoms. The lowest BCUT2D eigenvalue weighted by molar-refractivity contribution is -0.117. The van der Waals surface area contributed by atoms with Gasteiger partial charge in [0.15, 0.2) is 11.5 Å². The average molecular weight is 352 g/mol. The molecule has 1 atom stereocenters. The zero-order chi connectivity index (χ0) is 18.8. The molecule has 1 aliphatic carbocycles. The Labute approximate surface area is 151 Å². The number of fused-ring (bicyclic) bond motifs is 1. The number of rotatable bonds is 3. The highest BCUT2D eigenvalue weighted by atomic mass is 16.5. The van der Waals surface area contributed by atoms with Gasteiger partial charge in [-0.1, -0.05) is 11.6 Å². The van der Waals surface area contributed by atoms with Gasteiger partial charge in [0.2, 0.25) is 0 Å². The fourth-order valence-corrected chi connectivity index (χ4v) is 2.94. The second-order valence-electron chi connectivity index (χ2n) is 6.11. The molecule has 134 valence electrons. The first kappa shape index (κ1) is 17.7. The van der Waals surface area contributed by atoms with Crippen LogP contribution in [0.4, 0.5) is 0 Å². The van der Waals surface area contributed by atoms with Crippen molar-refractivity contribution in [2.24, 2.45) is 10.9 Å². The Balaban J connectivity index is 1.88. The zero-order valence-electron chi connectivity index (χ0n) is 15.1. The van der Waals surface area contributed by atoms with E-state index in [2.05, 4.69) is 10.3 Å². The molecule has 1 N–H and O–H groups in total. The molecule has 0 aromatic heterocycles. The molecule has 6 nitrogen and oxygen atoms in total. The van der Waals surface area contributed by atoms with Gasteiger partial charge in [-0.2, -0.15) is 0 Å². The summed E-state index contributed by atoms with van der Waals surface area (Å²) in [5.41, 5.74) is 3.34. The van der Waals surface area contributed by atoms with Crippen LogP contribution < -0.4 is 14.8 Å². The monoisotopic (exact) mass is 352 g/mol. The fourth-order valence-electron chi connectivity index (χ4n) is 2.94. The third-order valence-electron chi connectivity index (χ3n) is 4.62. The van der Waals surface area contributed by atoms with Gasteiger partial charge in [0.25, 0.3) is 11.8 Å². The molecule has 1 aromatic rings. The van der Waals surface area contributed by atoms with E-state index in [1.54, 1.807) is 37.3 Å². The van der Waals surface area contributed by atoms with E-state index in [0.29, 0.717) is 22.8 Å². The third kappa shape index (κ3) is 3.18. The summed E-state index contributed by atoms with van der Waals surface area (Å²) >= 11 is 0. The van der Waals surface area contributed by atoms with Crippen LogP contribution in [0, 0.1) is 5.92 Å². The standard InChI is InChI=1S/C20H20N2O4/c1-11-12(2)19(23)22-16-10-14(6-7-15(11)16)21-20(24)13-5-8-17(25-3)18(9-13)26-4/h5-10,15H,1-4H3,(H,22,23). The summed E-state index contributed by atoms with van der Waals surface area (Å²) in [7, 11) is 3.04. The molecule has 1 aromatic carbocycles. The highest BCUT2D eigenvalue weighted by molar-refractivity contribution is 6.14. The second-order valence-corrected chi connectivity index (χ2v) is 6.11. The predicted octanol–water partition coefficient (Wildman–Crippen LogP) is 2.82. The van der Waals surface area contributed by atoms with Crippen LogP contribution in [0.1, 0.15) is 24.2 Å². The van der Waals surface area contributed by atoms with Crippen LogP contribution >= 0.6 is 0 Å². The summed E-state index contributed by atoms with van der Waals surface area (Å²) in [5.74, 6) is 0.508. The highest BCUT2D eigenvalue weighted by Gasteiger charge is 2.27. The summed E-state index contributed by atoms with van der Waals surface area (Å²) in [6, 6.07) is 4.89. The molecule has 2 amide bonds. The molecule has 1 aliphatic heterocycles. The SMILES string of the molecule is COc1ccc(C(=O)N=C2C=CC3C(=C2)NC(=O)C(C)=C3C)cc1OC. The number of carbonyl (C=O) groups excluding carboxylic acids is 2. The number of allylic oxidation sites excluding steroid dienone is 3. The van der Waals surface area contributed by atoms with Crippen LogP contribution in [0.2, 0.25) is 0 Å².